The SMILES string of the molecule is COc1ccccc1/N=N/c1ccc(NC(=O)CCOC(=O)Nc2ccc(/N=N/c3ccccc3OC)c(N)n2)nc1N. The molecule has 2 heterocycles. The molecule has 0 saturated carbocycles. The van der Waals surface area contributed by atoms with Gasteiger partial charge in [-0.15, -0.1) is 20.5 Å². The number of nitrogens with one attached hydrogen (secondary N) is 2. The molecule has 2 aromatic carbocycles. The Morgan fingerprint density at radius 3 is 1.63 bits per heavy atom. The third-order valence-corrected chi connectivity index (χ3v) is 5.57. The summed E-state index contributed by atoms with van der Waals surface area (Å²) in [7, 11) is 3.06. The third kappa shape index (κ3) is 8.43. The minimum Gasteiger partial charge on any atom is -0.494 e. The Kier molecular flexibility index (Phi) is 10.1. The van der Waals surface area contributed by atoms with Gasteiger partial charge in [-0.2, -0.15) is 0 Å². The molecule has 0 radical (unpaired) electrons. The van der Waals surface area contributed by atoms with E-state index in [0.717, 1.165) is 0 Å². The number of anilines is 4. The predicted molar refractivity (Wildman–Crippen MR) is 160 cm³/mol. The van der Waals surface area contributed by atoms with Crippen molar-refractivity contribution in [1.29, 1.82) is 0 Å². The fourth-order valence-corrected chi connectivity index (χ4v) is 3.47. The number of methoxy groups -OCH3 is 2. The molecular weight excluding hydrogens is 556 g/mol. The highest BCUT2D eigenvalue weighted by Crippen LogP contribution is 2.31. The zero-order chi connectivity index (χ0) is 30.6. The minimum atomic E-state index is -0.824. The first-order valence-electron chi connectivity index (χ1n) is 12.7. The van der Waals surface area contributed by atoms with Crippen LogP contribution in [0.1, 0.15) is 6.42 Å². The van der Waals surface area contributed by atoms with Gasteiger partial charge in [0.15, 0.2) is 11.6 Å². The molecular formula is C28H28N10O5. The van der Waals surface area contributed by atoms with Crippen LogP contribution in [0.3, 0.4) is 0 Å². The quantitative estimate of drug-likeness (QED) is 0.150. The summed E-state index contributed by atoms with van der Waals surface area (Å²) in [5, 5.41) is 21.5. The van der Waals surface area contributed by atoms with E-state index in [2.05, 4.69) is 41.1 Å². The summed E-state index contributed by atoms with van der Waals surface area (Å²) in [5.74, 6) is 1.08. The van der Waals surface area contributed by atoms with Gasteiger partial charge in [0, 0.05) is 0 Å². The maximum absolute atomic E-state index is 12.3. The summed E-state index contributed by atoms with van der Waals surface area (Å²) in [6.45, 7) is -0.209. The van der Waals surface area contributed by atoms with Gasteiger partial charge in [0.25, 0.3) is 0 Å². The maximum Gasteiger partial charge on any atom is 0.412 e. The van der Waals surface area contributed by atoms with Crippen LogP contribution in [0.15, 0.2) is 93.3 Å². The monoisotopic (exact) mass is 584 g/mol. The van der Waals surface area contributed by atoms with Crippen LogP contribution < -0.4 is 31.6 Å². The van der Waals surface area contributed by atoms with Crippen LogP contribution in [0.4, 0.5) is 50.8 Å². The van der Waals surface area contributed by atoms with Gasteiger partial charge in [-0.05, 0) is 48.5 Å². The maximum atomic E-state index is 12.3. The molecule has 0 atom stereocenters. The Bertz CT molecular complexity index is 1540. The van der Waals surface area contributed by atoms with Crippen molar-refractivity contribution in [2.75, 3.05) is 42.9 Å². The molecule has 6 N–H and O–H groups in total. The minimum absolute atomic E-state index is 0.0369. The Balaban J connectivity index is 1.23. The summed E-state index contributed by atoms with van der Waals surface area (Å²) in [5.41, 5.74) is 13.6. The number of carbonyl (C=O) groups is 2. The van der Waals surface area contributed by atoms with Gasteiger partial charge >= 0.3 is 6.09 Å². The molecule has 2 amide bonds. The lowest BCUT2D eigenvalue weighted by Gasteiger charge is -2.08. The van der Waals surface area contributed by atoms with Crippen LogP contribution in [-0.2, 0) is 9.53 Å². The van der Waals surface area contributed by atoms with Gasteiger partial charge < -0.3 is 31.0 Å². The van der Waals surface area contributed by atoms with Crippen molar-refractivity contribution >= 4 is 58.0 Å². The topological polar surface area (TPSA) is 213 Å². The number of pyridine rings is 2. The highest BCUT2D eigenvalue weighted by Gasteiger charge is 2.11. The smallest absolute Gasteiger partial charge is 0.412 e. The second-order valence-electron chi connectivity index (χ2n) is 8.50. The number of ether oxygens (including phenoxy) is 3. The van der Waals surface area contributed by atoms with Crippen LogP contribution in [0.25, 0.3) is 0 Å². The summed E-state index contributed by atoms with van der Waals surface area (Å²) in [6.07, 6.45) is -0.961. The Labute approximate surface area is 246 Å². The summed E-state index contributed by atoms with van der Waals surface area (Å²) in [6, 6.07) is 20.3. The molecule has 0 aliphatic carbocycles. The van der Waals surface area contributed by atoms with Gasteiger partial charge in [0.05, 0.1) is 20.6 Å². The molecule has 43 heavy (non-hydrogen) atoms. The van der Waals surface area contributed by atoms with E-state index < -0.39 is 12.0 Å². The molecule has 0 spiro atoms. The number of carbonyl (C=O) groups excluding carboxylic acids is 2. The number of para-hydroxylation sites is 2. The van der Waals surface area contributed by atoms with Crippen LogP contribution in [0.5, 0.6) is 11.5 Å². The number of nitrogens with two attached hydrogens (primary N) is 2. The molecule has 4 aromatic rings. The van der Waals surface area contributed by atoms with Crippen molar-refractivity contribution in [3.05, 3.63) is 72.8 Å². The van der Waals surface area contributed by atoms with Crippen LogP contribution in [0.2, 0.25) is 0 Å². The van der Waals surface area contributed by atoms with Crippen LogP contribution in [-0.4, -0.2) is 42.8 Å². The molecule has 15 heteroatoms. The van der Waals surface area contributed by atoms with E-state index in [1.54, 1.807) is 42.5 Å². The normalized spacial score (nSPS) is 10.9. The largest absolute Gasteiger partial charge is 0.494 e. The highest BCUT2D eigenvalue weighted by atomic mass is 16.5. The zero-order valence-electron chi connectivity index (χ0n) is 23.2. The standard InChI is InChI=1S/C28H28N10O5/c1-41-21-9-5-3-7-17(21)35-37-19-11-13-23(32-26(19)29)31-25(39)15-16-43-28(40)34-24-14-12-20(27(30)33-24)38-36-18-8-4-6-10-22(18)42-2/h3-14H,15-16H2,1-2H3,(H3,29,31,32,39)(H3,30,33,34,40)/b37-35+,38-36+. The first-order valence-corrected chi connectivity index (χ1v) is 12.7. The number of benzene rings is 2. The fraction of sp³-hybridized carbons (Fsp3) is 0.143. The molecule has 0 aliphatic heterocycles. The van der Waals surface area contributed by atoms with E-state index in [4.69, 9.17) is 25.7 Å². The van der Waals surface area contributed by atoms with Crippen molar-refractivity contribution in [2.45, 2.75) is 6.42 Å². The summed E-state index contributed by atoms with van der Waals surface area (Å²) in [4.78, 5) is 32.7. The molecule has 2 aromatic heterocycles. The van der Waals surface area contributed by atoms with Crippen LogP contribution in [0, 0.1) is 0 Å². The number of nitrogens with zero attached hydrogens (tertiary/aromatic N) is 6. The molecule has 220 valence electrons. The molecule has 15 nitrogen and oxygen atoms in total. The van der Waals surface area contributed by atoms with Crippen molar-refractivity contribution in [2.24, 2.45) is 20.5 Å². The molecule has 0 bridgehead atoms. The van der Waals surface area contributed by atoms with Crippen molar-refractivity contribution in [1.82, 2.24) is 9.97 Å². The molecule has 4 rings (SSSR count). The van der Waals surface area contributed by atoms with E-state index in [0.29, 0.717) is 34.2 Å². The van der Waals surface area contributed by atoms with E-state index >= 15 is 0 Å². The van der Waals surface area contributed by atoms with E-state index in [1.165, 1.54) is 32.4 Å². The number of hydrogen-bond donors (Lipinski definition) is 4. The number of rotatable bonds is 11. The van der Waals surface area contributed by atoms with Gasteiger partial charge in [-0.1, -0.05) is 24.3 Å². The molecule has 0 saturated heterocycles. The summed E-state index contributed by atoms with van der Waals surface area (Å²) < 4.78 is 15.5. The first-order chi connectivity index (χ1) is 20.9. The second kappa shape index (κ2) is 14.5. The molecule has 0 fully saturated rings. The van der Waals surface area contributed by atoms with Gasteiger partial charge in [0.1, 0.15) is 52.5 Å². The fourth-order valence-electron chi connectivity index (χ4n) is 3.47. The van der Waals surface area contributed by atoms with E-state index in [-0.39, 0.29) is 36.3 Å². The summed E-state index contributed by atoms with van der Waals surface area (Å²) >= 11 is 0. The second-order valence-corrected chi connectivity index (χ2v) is 8.50. The third-order valence-electron chi connectivity index (χ3n) is 5.57. The lowest BCUT2D eigenvalue weighted by Crippen LogP contribution is -2.19. The van der Waals surface area contributed by atoms with E-state index in [1.807, 2.05) is 12.1 Å². The number of amides is 2. The highest BCUT2D eigenvalue weighted by molar-refractivity contribution is 5.90. The van der Waals surface area contributed by atoms with Crippen molar-refractivity contribution in [3.8, 4) is 11.5 Å². The number of azo groups is 2. The Morgan fingerprint density at radius 1 is 0.674 bits per heavy atom. The molecule has 0 unspecified atom stereocenters. The van der Waals surface area contributed by atoms with Crippen molar-refractivity contribution < 1.29 is 23.8 Å². The van der Waals surface area contributed by atoms with Gasteiger partial charge in [-0.25, -0.2) is 14.8 Å². The zero-order valence-corrected chi connectivity index (χ0v) is 23.2. The lowest BCUT2D eigenvalue weighted by atomic mass is 10.3. The number of hydrogen-bond acceptors (Lipinski definition) is 13. The van der Waals surface area contributed by atoms with E-state index in [9.17, 15) is 9.59 Å². The number of nitrogen functional groups attached to an aromatic ring is 2. The Hall–Kier alpha value is -6.12. The average molecular weight is 585 g/mol. The van der Waals surface area contributed by atoms with Gasteiger partial charge in [-0.3, -0.25) is 10.1 Å². The average Bonchev–Trinajstić information content (AvgIpc) is 3.00. The predicted octanol–water partition coefficient (Wildman–Crippen LogP) is 6.07. The molecule has 0 aliphatic rings. The van der Waals surface area contributed by atoms with Gasteiger partial charge in [0.2, 0.25) is 5.91 Å². The first kappa shape index (κ1) is 29.9. The van der Waals surface area contributed by atoms with Crippen LogP contribution >= 0.6 is 0 Å². The van der Waals surface area contributed by atoms with Crippen molar-refractivity contribution in [3.63, 3.8) is 0 Å². The lowest BCUT2D eigenvalue weighted by molar-refractivity contribution is -0.116. The Morgan fingerprint density at radius 2 is 1.14 bits per heavy atom. The number of aromatic nitrogens is 2.